The topological polar surface area (TPSA) is 47.6 Å². The SMILES string of the molecule is O=C(/C=C/c1ccc2c(c1)OCO2)NCc1sccc1Br. The van der Waals surface area contributed by atoms with Gasteiger partial charge in [-0.15, -0.1) is 11.3 Å². The van der Waals surface area contributed by atoms with E-state index in [0.29, 0.717) is 12.3 Å². The average Bonchev–Trinajstić information content (AvgIpc) is 3.11. The van der Waals surface area contributed by atoms with Crippen LogP contribution in [0, 0.1) is 0 Å². The fraction of sp³-hybridized carbons (Fsp3) is 0.133. The Bertz CT molecular complexity index is 696. The second-order valence-electron chi connectivity index (χ2n) is 4.36. The van der Waals surface area contributed by atoms with Crippen molar-refractivity contribution < 1.29 is 14.3 Å². The van der Waals surface area contributed by atoms with Gasteiger partial charge in [0.05, 0.1) is 6.54 Å². The number of carbonyl (C=O) groups excluding carboxylic acids is 1. The summed E-state index contributed by atoms with van der Waals surface area (Å²) in [7, 11) is 0. The van der Waals surface area contributed by atoms with Crippen molar-refractivity contribution in [3.8, 4) is 11.5 Å². The minimum atomic E-state index is -0.132. The van der Waals surface area contributed by atoms with E-state index >= 15 is 0 Å². The Morgan fingerprint density at radius 1 is 1.33 bits per heavy atom. The molecule has 0 aliphatic carbocycles. The second-order valence-corrected chi connectivity index (χ2v) is 6.21. The van der Waals surface area contributed by atoms with Crippen molar-refractivity contribution in [3.63, 3.8) is 0 Å². The van der Waals surface area contributed by atoms with Gasteiger partial charge in [0.25, 0.3) is 0 Å². The molecule has 0 saturated carbocycles. The Morgan fingerprint density at radius 3 is 3.00 bits per heavy atom. The minimum Gasteiger partial charge on any atom is -0.454 e. The van der Waals surface area contributed by atoms with Crippen LogP contribution in [0.15, 0.2) is 40.2 Å². The highest BCUT2D eigenvalue weighted by molar-refractivity contribution is 9.10. The van der Waals surface area contributed by atoms with Crippen LogP contribution in [-0.4, -0.2) is 12.7 Å². The highest BCUT2D eigenvalue weighted by Crippen LogP contribution is 2.32. The summed E-state index contributed by atoms with van der Waals surface area (Å²) in [5.41, 5.74) is 0.895. The van der Waals surface area contributed by atoms with Crippen LogP contribution < -0.4 is 14.8 Å². The Labute approximate surface area is 134 Å². The zero-order valence-electron chi connectivity index (χ0n) is 11.0. The fourth-order valence-electron chi connectivity index (χ4n) is 1.87. The molecule has 0 radical (unpaired) electrons. The molecule has 1 N–H and O–H groups in total. The van der Waals surface area contributed by atoms with Crippen molar-refractivity contribution in [2.75, 3.05) is 6.79 Å². The molecule has 1 aromatic carbocycles. The summed E-state index contributed by atoms with van der Waals surface area (Å²) in [6.07, 6.45) is 3.26. The van der Waals surface area contributed by atoms with Gasteiger partial charge in [-0.3, -0.25) is 4.79 Å². The van der Waals surface area contributed by atoms with Crippen LogP contribution in [0.1, 0.15) is 10.4 Å². The van der Waals surface area contributed by atoms with E-state index < -0.39 is 0 Å². The molecule has 1 aliphatic heterocycles. The van der Waals surface area contributed by atoms with Crippen molar-refractivity contribution >= 4 is 39.2 Å². The van der Waals surface area contributed by atoms with E-state index in [1.165, 1.54) is 6.08 Å². The first-order valence-electron chi connectivity index (χ1n) is 6.30. The monoisotopic (exact) mass is 365 g/mol. The molecular formula is C15H12BrNO3S. The van der Waals surface area contributed by atoms with Gasteiger partial charge in [0.1, 0.15) is 0 Å². The van der Waals surface area contributed by atoms with Gasteiger partial charge in [-0.2, -0.15) is 0 Å². The summed E-state index contributed by atoms with van der Waals surface area (Å²) >= 11 is 5.04. The van der Waals surface area contributed by atoms with Crippen molar-refractivity contribution in [2.24, 2.45) is 0 Å². The quantitative estimate of drug-likeness (QED) is 0.842. The number of rotatable bonds is 4. The first kappa shape index (κ1) is 14.2. The maximum Gasteiger partial charge on any atom is 0.244 e. The summed E-state index contributed by atoms with van der Waals surface area (Å²) in [4.78, 5) is 12.9. The normalized spacial score (nSPS) is 12.8. The number of ether oxygens (including phenoxy) is 2. The molecule has 2 aromatic rings. The summed E-state index contributed by atoms with van der Waals surface area (Å²) in [5, 5.41) is 4.83. The molecule has 2 heterocycles. The highest BCUT2D eigenvalue weighted by atomic mass is 79.9. The van der Waals surface area contributed by atoms with Crippen LogP contribution in [-0.2, 0) is 11.3 Å². The third kappa shape index (κ3) is 3.46. The molecule has 1 aromatic heterocycles. The predicted octanol–water partition coefficient (Wildman–Crippen LogP) is 3.57. The third-order valence-corrected chi connectivity index (χ3v) is 4.86. The first-order chi connectivity index (χ1) is 10.2. The lowest BCUT2D eigenvalue weighted by Gasteiger charge is -2.01. The van der Waals surface area contributed by atoms with Crippen LogP contribution in [0.4, 0.5) is 0 Å². The molecule has 0 unspecified atom stereocenters. The smallest absolute Gasteiger partial charge is 0.244 e. The number of hydrogen-bond donors (Lipinski definition) is 1. The molecule has 3 rings (SSSR count). The van der Waals surface area contributed by atoms with Crippen LogP contribution in [0.2, 0.25) is 0 Å². The average molecular weight is 366 g/mol. The highest BCUT2D eigenvalue weighted by Gasteiger charge is 2.12. The van der Waals surface area contributed by atoms with Gasteiger partial charge in [-0.05, 0) is 51.1 Å². The summed E-state index contributed by atoms with van der Waals surface area (Å²) in [6, 6.07) is 7.53. The molecule has 108 valence electrons. The minimum absolute atomic E-state index is 0.132. The first-order valence-corrected chi connectivity index (χ1v) is 7.97. The zero-order chi connectivity index (χ0) is 14.7. The third-order valence-electron chi connectivity index (χ3n) is 2.94. The molecule has 0 bridgehead atoms. The second kappa shape index (κ2) is 6.32. The van der Waals surface area contributed by atoms with E-state index in [0.717, 1.165) is 20.7 Å². The number of fused-ring (bicyclic) bond motifs is 1. The summed E-state index contributed by atoms with van der Waals surface area (Å²) < 4.78 is 11.6. The van der Waals surface area contributed by atoms with Crippen molar-refractivity contribution in [2.45, 2.75) is 6.54 Å². The number of thiophene rings is 1. The van der Waals surface area contributed by atoms with Gasteiger partial charge in [0, 0.05) is 15.4 Å². The number of halogens is 1. The Morgan fingerprint density at radius 2 is 2.19 bits per heavy atom. The van der Waals surface area contributed by atoms with Crippen molar-refractivity contribution in [3.05, 3.63) is 50.6 Å². The summed E-state index contributed by atoms with van der Waals surface area (Å²) in [5.74, 6) is 1.31. The lowest BCUT2D eigenvalue weighted by Crippen LogP contribution is -2.19. The van der Waals surface area contributed by atoms with Crippen LogP contribution in [0.25, 0.3) is 6.08 Å². The number of amides is 1. The lowest BCUT2D eigenvalue weighted by molar-refractivity contribution is -0.116. The Balaban J connectivity index is 1.58. The van der Waals surface area contributed by atoms with Gasteiger partial charge in [0.15, 0.2) is 11.5 Å². The van der Waals surface area contributed by atoms with Gasteiger partial charge in [-0.1, -0.05) is 6.07 Å². The Hall–Kier alpha value is -1.79. The molecule has 1 aliphatic rings. The number of benzene rings is 1. The molecule has 0 saturated heterocycles. The molecule has 4 nitrogen and oxygen atoms in total. The van der Waals surface area contributed by atoms with E-state index in [9.17, 15) is 4.79 Å². The molecule has 1 amide bonds. The van der Waals surface area contributed by atoms with Crippen molar-refractivity contribution in [1.82, 2.24) is 5.32 Å². The van der Waals surface area contributed by atoms with E-state index in [2.05, 4.69) is 21.2 Å². The van der Waals surface area contributed by atoms with E-state index in [4.69, 9.17) is 9.47 Å². The van der Waals surface area contributed by atoms with E-state index in [1.807, 2.05) is 29.6 Å². The number of nitrogens with one attached hydrogen (secondary N) is 1. The van der Waals surface area contributed by atoms with Gasteiger partial charge in [0.2, 0.25) is 12.7 Å². The number of hydrogen-bond acceptors (Lipinski definition) is 4. The van der Waals surface area contributed by atoms with E-state index in [1.54, 1.807) is 17.4 Å². The van der Waals surface area contributed by atoms with E-state index in [-0.39, 0.29) is 12.7 Å². The van der Waals surface area contributed by atoms with Crippen LogP contribution in [0.5, 0.6) is 11.5 Å². The van der Waals surface area contributed by atoms with Crippen molar-refractivity contribution in [1.29, 1.82) is 0 Å². The molecule has 21 heavy (non-hydrogen) atoms. The maximum absolute atomic E-state index is 11.8. The van der Waals surface area contributed by atoms with Gasteiger partial charge < -0.3 is 14.8 Å². The van der Waals surface area contributed by atoms with Crippen LogP contribution >= 0.6 is 27.3 Å². The fourth-order valence-corrected chi connectivity index (χ4v) is 3.30. The van der Waals surface area contributed by atoms with Gasteiger partial charge in [-0.25, -0.2) is 0 Å². The standard InChI is InChI=1S/C15H12BrNO3S/c16-11-5-6-21-14(11)8-17-15(18)4-2-10-1-3-12-13(7-10)20-9-19-12/h1-7H,8-9H2,(H,17,18)/b4-2+. The predicted molar refractivity (Wildman–Crippen MR) is 85.5 cm³/mol. The Kier molecular flexibility index (Phi) is 4.26. The lowest BCUT2D eigenvalue weighted by atomic mass is 10.2. The number of carbonyl (C=O) groups is 1. The summed E-state index contributed by atoms with van der Waals surface area (Å²) in [6.45, 7) is 0.765. The zero-order valence-corrected chi connectivity index (χ0v) is 13.4. The van der Waals surface area contributed by atoms with Crippen LogP contribution in [0.3, 0.4) is 0 Å². The molecule has 0 atom stereocenters. The largest absolute Gasteiger partial charge is 0.454 e. The molecule has 0 fully saturated rings. The molecular weight excluding hydrogens is 354 g/mol. The molecule has 0 spiro atoms. The molecule has 6 heteroatoms. The van der Waals surface area contributed by atoms with Gasteiger partial charge >= 0.3 is 0 Å². The maximum atomic E-state index is 11.8.